The topological polar surface area (TPSA) is 100.0 Å². The lowest BCUT2D eigenvalue weighted by molar-refractivity contribution is 0.253. The van der Waals surface area contributed by atoms with Gasteiger partial charge in [0.2, 0.25) is 0 Å². The van der Waals surface area contributed by atoms with Crippen LogP contribution in [0.1, 0.15) is 17.8 Å². The van der Waals surface area contributed by atoms with Crippen LogP contribution in [0.3, 0.4) is 0 Å². The highest BCUT2D eigenvalue weighted by Crippen LogP contribution is 2.37. The second kappa shape index (κ2) is 7.37. The van der Waals surface area contributed by atoms with Gasteiger partial charge < -0.3 is 10.1 Å². The van der Waals surface area contributed by atoms with Gasteiger partial charge in [0.1, 0.15) is 23.8 Å². The van der Waals surface area contributed by atoms with Crippen molar-refractivity contribution in [3.63, 3.8) is 0 Å². The molecule has 8 nitrogen and oxygen atoms in total. The molecule has 4 aliphatic rings. The molecule has 0 fully saturated rings. The van der Waals surface area contributed by atoms with Crippen molar-refractivity contribution in [3.8, 4) is 6.07 Å². The van der Waals surface area contributed by atoms with Crippen LogP contribution in [0.4, 0.5) is 4.39 Å². The molecule has 0 saturated carbocycles. The first-order valence-corrected chi connectivity index (χ1v) is 9.86. The zero-order chi connectivity index (χ0) is 20.7. The zero-order valence-electron chi connectivity index (χ0n) is 16.4. The number of nitriles is 1. The number of fused-ring (bicyclic) bond motifs is 1. The monoisotopic (exact) mass is 405 g/mol. The Labute approximate surface area is 172 Å². The number of aliphatic imine (C=N–C) groups is 1. The predicted octanol–water partition coefficient (Wildman–Crippen LogP) is 2.80. The predicted molar refractivity (Wildman–Crippen MR) is 108 cm³/mol. The summed E-state index contributed by atoms with van der Waals surface area (Å²) in [7, 11) is 1.81. The van der Waals surface area contributed by atoms with E-state index in [0.29, 0.717) is 31.2 Å². The van der Waals surface area contributed by atoms with Crippen molar-refractivity contribution < 1.29 is 9.13 Å². The summed E-state index contributed by atoms with van der Waals surface area (Å²) < 4.78 is 21.8. The van der Waals surface area contributed by atoms with Crippen LogP contribution in [-0.2, 0) is 11.8 Å². The number of halogens is 1. The van der Waals surface area contributed by atoms with E-state index in [-0.39, 0.29) is 11.8 Å². The highest BCUT2D eigenvalue weighted by molar-refractivity contribution is 6.04. The second-order valence-corrected chi connectivity index (χ2v) is 7.56. The molecule has 0 saturated heterocycles. The summed E-state index contributed by atoms with van der Waals surface area (Å²) in [6.07, 6.45) is 6.53. The van der Waals surface area contributed by atoms with E-state index in [9.17, 15) is 4.39 Å². The minimum Gasteiger partial charge on any atom is -0.493 e. The molecular formula is C21H20FN7O. The first-order valence-electron chi connectivity index (χ1n) is 9.86. The van der Waals surface area contributed by atoms with Crippen molar-refractivity contribution in [2.24, 2.45) is 34.1 Å². The van der Waals surface area contributed by atoms with Crippen molar-refractivity contribution in [3.05, 3.63) is 58.9 Å². The van der Waals surface area contributed by atoms with E-state index in [1.807, 2.05) is 6.20 Å². The van der Waals surface area contributed by atoms with E-state index in [0.717, 1.165) is 34.6 Å². The smallest absolute Gasteiger partial charge is 0.163 e. The van der Waals surface area contributed by atoms with Crippen LogP contribution < -0.4 is 5.32 Å². The van der Waals surface area contributed by atoms with E-state index in [1.165, 1.54) is 0 Å². The molecule has 9 heteroatoms. The Morgan fingerprint density at radius 1 is 1.43 bits per heavy atom. The summed E-state index contributed by atoms with van der Waals surface area (Å²) in [6.45, 7) is 1.40. The number of nitrogens with one attached hydrogen (secondary N) is 1. The average molecular weight is 405 g/mol. The van der Waals surface area contributed by atoms with Crippen molar-refractivity contribution in [2.45, 2.75) is 12.6 Å². The number of nitrogens with zero attached hydrogens (tertiary/aromatic N) is 6. The maximum atomic E-state index is 14.6. The molecule has 1 aromatic rings. The fourth-order valence-electron chi connectivity index (χ4n) is 4.34. The standard InChI is InChI=1S/C21H20FN7O/c1-29-19(6-12(7-23)28-29)16-9-25-21(17-11-27-26-10-14(16)17)24-8-15-13-4-5-30-20(13)3-2-18(15)22/h2-3,6,9,11,14-15,18H,4-5,8,10H2,1H3,(H,24,25). The molecule has 0 amide bonds. The summed E-state index contributed by atoms with van der Waals surface area (Å²) in [5.41, 5.74) is 4.08. The van der Waals surface area contributed by atoms with Gasteiger partial charge in [0.15, 0.2) is 5.69 Å². The molecule has 3 aliphatic heterocycles. The van der Waals surface area contributed by atoms with Crippen LogP contribution in [0.5, 0.6) is 0 Å². The van der Waals surface area contributed by atoms with Crippen molar-refractivity contribution in [1.82, 2.24) is 15.1 Å². The highest BCUT2D eigenvalue weighted by Gasteiger charge is 2.34. The molecule has 0 aromatic carbocycles. The maximum absolute atomic E-state index is 14.6. The van der Waals surface area contributed by atoms with Crippen LogP contribution in [-0.4, -0.2) is 41.5 Å². The van der Waals surface area contributed by atoms with Gasteiger partial charge in [-0.3, -0.25) is 9.67 Å². The van der Waals surface area contributed by atoms with Crippen LogP contribution in [0.25, 0.3) is 5.57 Å². The minimum atomic E-state index is -1.07. The number of aromatic nitrogens is 2. The Morgan fingerprint density at radius 3 is 3.17 bits per heavy atom. The molecular weight excluding hydrogens is 385 g/mol. The molecule has 1 N–H and O–H groups in total. The van der Waals surface area contributed by atoms with E-state index in [2.05, 4.69) is 26.7 Å². The van der Waals surface area contributed by atoms with Gasteiger partial charge in [-0.2, -0.15) is 20.6 Å². The summed E-state index contributed by atoms with van der Waals surface area (Å²) in [5.74, 6) is 1.10. The van der Waals surface area contributed by atoms with E-state index in [1.54, 1.807) is 36.1 Å². The van der Waals surface area contributed by atoms with Gasteiger partial charge in [-0.05, 0) is 17.7 Å². The lowest BCUT2D eigenvalue weighted by atomic mass is 9.85. The lowest BCUT2D eigenvalue weighted by Gasteiger charge is -2.29. The molecule has 0 spiro atoms. The number of azo groups is 1. The van der Waals surface area contributed by atoms with Gasteiger partial charge >= 0.3 is 0 Å². The first-order chi connectivity index (χ1) is 14.7. The third kappa shape index (κ3) is 3.05. The molecule has 1 aliphatic carbocycles. The second-order valence-electron chi connectivity index (χ2n) is 7.56. The maximum Gasteiger partial charge on any atom is 0.163 e. The summed E-state index contributed by atoms with van der Waals surface area (Å²) in [4.78, 5) is 4.73. The van der Waals surface area contributed by atoms with E-state index < -0.39 is 6.17 Å². The number of amidine groups is 1. The molecule has 1 aromatic heterocycles. The SMILES string of the molecule is Cn1nc(C#N)cc1C1=CNC(=NCC2C3=C(C=CC2F)OCC3)C2=CN=NCC21. The van der Waals surface area contributed by atoms with Gasteiger partial charge in [-0.1, -0.05) is 0 Å². The van der Waals surface area contributed by atoms with E-state index in [4.69, 9.17) is 15.0 Å². The fraction of sp³-hybridized carbons (Fsp3) is 0.381. The molecule has 30 heavy (non-hydrogen) atoms. The number of hydrogen-bond donors (Lipinski definition) is 1. The van der Waals surface area contributed by atoms with Gasteiger partial charge in [-0.15, -0.1) is 0 Å². The van der Waals surface area contributed by atoms with Crippen molar-refractivity contribution in [1.29, 1.82) is 5.26 Å². The zero-order valence-corrected chi connectivity index (χ0v) is 16.4. The molecule has 3 unspecified atom stereocenters. The number of rotatable bonds is 3. The van der Waals surface area contributed by atoms with E-state index >= 15 is 0 Å². The molecule has 4 heterocycles. The highest BCUT2D eigenvalue weighted by atomic mass is 19.1. The number of aryl methyl sites for hydroxylation is 1. The van der Waals surface area contributed by atoms with Gasteiger partial charge in [0.05, 0.1) is 31.6 Å². The van der Waals surface area contributed by atoms with Gasteiger partial charge in [-0.25, -0.2) is 4.39 Å². The van der Waals surface area contributed by atoms with Gasteiger partial charge in [0.25, 0.3) is 0 Å². The van der Waals surface area contributed by atoms with Gasteiger partial charge in [0, 0.05) is 48.7 Å². The number of hydrogen-bond acceptors (Lipinski definition) is 6. The Kier molecular flexibility index (Phi) is 4.54. The lowest BCUT2D eigenvalue weighted by Crippen LogP contribution is -2.34. The molecule has 0 radical (unpaired) electrons. The Balaban J connectivity index is 1.44. The molecule has 152 valence electrons. The van der Waals surface area contributed by atoms with Crippen molar-refractivity contribution >= 4 is 11.4 Å². The quantitative estimate of drug-likeness (QED) is 0.836. The van der Waals surface area contributed by atoms with Crippen LogP contribution >= 0.6 is 0 Å². The molecule has 3 atom stereocenters. The third-order valence-electron chi connectivity index (χ3n) is 5.88. The number of allylic oxidation sites excluding steroid dienone is 2. The Morgan fingerprint density at radius 2 is 2.33 bits per heavy atom. The van der Waals surface area contributed by atoms with Crippen LogP contribution in [0.2, 0.25) is 0 Å². The fourth-order valence-corrected chi connectivity index (χ4v) is 4.34. The largest absolute Gasteiger partial charge is 0.493 e. The minimum absolute atomic E-state index is 0.0542. The third-order valence-corrected chi connectivity index (χ3v) is 5.88. The summed E-state index contributed by atoms with van der Waals surface area (Å²) >= 11 is 0. The summed E-state index contributed by atoms with van der Waals surface area (Å²) in [5, 5.41) is 24.9. The first kappa shape index (κ1) is 18.5. The summed E-state index contributed by atoms with van der Waals surface area (Å²) in [6, 6.07) is 3.83. The molecule has 5 rings (SSSR count). The van der Waals surface area contributed by atoms with Crippen molar-refractivity contribution in [2.75, 3.05) is 19.7 Å². The van der Waals surface area contributed by atoms with Crippen LogP contribution in [0, 0.1) is 23.2 Å². The normalized spacial score (nSPS) is 28.3. The average Bonchev–Trinajstić information content (AvgIpc) is 3.39. The molecule has 0 bridgehead atoms. The van der Waals surface area contributed by atoms with Crippen LogP contribution in [0.15, 0.2) is 62.7 Å². The number of ether oxygens (including phenoxy) is 1. The Hall–Kier alpha value is -3.54. The Bertz CT molecular complexity index is 1110. The number of alkyl halides is 1.